The minimum Gasteiger partial charge on any atom is -0.481 e. The number of nitrogens with one attached hydrogen (secondary N) is 1. The number of aryl methyl sites for hydroxylation is 1. The molecule has 1 amide bonds. The van der Waals surface area contributed by atoms with E-state index in [1.807, 2.05) is 6.07 Å². The molecule has 2 aromatic rings. The van der Waals surface area contributed by atoms with E-state index in [9.17, 15) is 18.4 Å². The summed E-state index contributed by atoms with van der Waals surface area (Å²) in [6.45, 7) is 0.0228. The molecule has 1 saturated carbocycles. The highest BCUT2D eigenvalue weighted by atomic mass is 19.3. The lowest BCUT2D eigenvalue weighted by atomic mass is 9.79. The molecule has 2 N–H and O–H groups in total. The normalized spacial score (nSPS) is 17.4. The number of nitrogens with zero attached hydrogens (tertiary/aromatic N) is 2. The van der Waals surface area contributed by atoms with Crippen molar-refractivity contribution in [2.45, 2.75) is 56.6 Å². The van der Waals surface area contributed by atoms with Crippen LogP contribution in [-0.2, 0) is 28.1 Å². The zero-order valence-electron chi connectivity index (χ0n) is 15.6. The molecule has 1 aliphatic rings. The van der Waals surface area contributed by atoms with E-state index < -0.39 is 36.4 Å². The molecule has 0 saturated heterocycles. The molecule has 1 fully saturated rings. The number of halogens is 2. The van der Waals surface area contributed by atoms with Gasteiger partial charge in [-0.15, -0.1) is 0 Å². The van der Waals surface area contributed by atoms with Gasteiger partial charge in [0.1, 0.15) is 12.1 Å². The van der Waals surface area contributed by atoms with Crippen LogP contribution in [0.25, 0.3) is 0 Å². The summed E-state index contributed by atoms with van der Waals surface area (Å²) >= 11 is 0. The van der Waals surface area contributed by atoms with Gasteiger partial charge in [0.15, 0.2) is 5.82 Å². The molecule has 8 nitrogen and oxygen atoms in total. The number of alkyl halides is 2. The van der Waals surface area contributed by atoms with Crippen LogP contribution in [0, 0.1) is 0 Å². The van der Waals surface area contributed by atoms with Crippen LogP contribution in [0.2, 0.25) is 0 Å². The number of aliphatic carboxylic acids is 1. The highest BCUT2D eigenvalue weighted by molar-refractivity contribution is 5.68. The number of carboxylic acids is 1. The highest BCUT2D eigenvalue weighted by Crippen LogP contribution is 2.43. The molecule has 0 aliphatic heterocycles. The van der Waals surface area contributed by atoms with Crippen LogP contribution < -0.4 is 5.32 Å². The Morgan fingerprint density at radius 2 is 1.86 bits per heavy atom. The molecule has 0 spiro atoms. The summed E-state index contributed by atoms with van der Waals surface area (Å²) in [5, 5.41) is 15.2. The molecule has 1 aliphatic carbocycles. The quantitative estimate of drug-likeness (QED) is 0.720. The van der Waals surface area contributed by atoms with Crippen molar-refractivity contribution < 1.29 is 32.7 Å². The maximum Gasteiger partial charge on any atom is 0.408 e. The van der Waals surface area contributed by atoms with Gasteiger partial charge in [-0.2, -0.15) is 4.98 Å². The van der Waals surface area contributed by atoms with Gasteiger partial charge >= 0.3 is 12.1 Å². The van der Waals surface area contributed by atoms with Crippen molar-refractivity contribution in [3.63, 3.8) is 0 Å². The third-order valence-electron chi connectivity index (χ3n) is 4.84. The van der Waals surface area contributed by atoms with Gasteiger partial charge in [-0.05, 0) is 18.4 Å². The maximum atomic E-state index is 13.7. The monoisotopic (exact) mass is 409 g/mol. The molecule has 0 atom stereocenters. The number of hydrogen-bond donors (Lipinski definition) is 2. The number of rotatable bonds is 7. The van der Waals surface area contributed by atoms with Crippen molar-refractivity contribution in [3.05, 3.63) is 47.6 Å². The number of hydrogen-bond acceptors (Lipinski definition) is 6. The molecule has 1 aromatic heterocycles. The van der Waals surface area contributed by atoms with Gasteiger partial charge in [0.05, 0.1) is 6.42 Å². The predicted octanol–water partition coefficient (Wildman–Crippen LogP) is 3.42. The summed E-state index contributed by atoms with van der Waals surface area (Å²) in [5.41, 5.74) is -0.483. The number of alkyl carbamates (subject to hydrolysis) is 1. The maximum absolute atomic E-state index is 13.7. The van der Waals surface area contributed by atoms with E-state index in [0.29, 0.717) is 0 Å². The first kappa shape index (κ1) is 20.7. The lowest BCUT2D eigenvalue weighted by Crippen LogP contribution is -2.50. The minimum absolute atomic E-state index is 0.00697. The Bertz CT molecular complexity index is 847. The third-order valence-corrected chi connectivity index (χ3v) is 4.84. The molecule has 0 radical (unpaired) electrons. The fraction of sp³-hybridized carbons (Fsp3) is 0.474. The Kier molecular flexibility index (Phi) is 6.09. The first-order valence-corrected chi connectivity index (χ1v) is 9.20. The highest BCUT2D eigenvalue weighted by Gasteiger charge is 2.48. The average molecular weight is 409 g/mol. The van der Waals surface area contributed by atoms with Crippen LogP contribution >= 0.6 is 0 Å². The number of benzene rings is 1. The van der Waals surface area contributed by atoms with E-state index in [-0.39, 0.29) is 44.0 Å². The molecule has 29 heavy (non-hydrogen) atoms. The van der Waals surface area contributed by atoms with E-state index in [1.165, 1.54) is 0 Å². The number of ether oxygens (including phenoxy) is 1. The summed E-state index contributed by atoms with van der Waals surface area (Å²) in [6.07, 6.45) is -2.09. The summed E-state index contributed by atoms with van der Waals surface area (Å²) in [4.78, 5) is 27.2. The van der Waals surface area contributed by atoms with Gasteiger partial charge in [-0.3, -0.25) is 4.79 Å². The Labute approximate surface area is 165 Å². The molecule has 1 aromatic carbocycles. The first-order chi connectivity index (χ1) is 13.8. The van der Waals surface area contributed by atoms with Crippen LogP contribution in [-0.4, -0.2) is 33.2 Å². The summed E-state index contributed by atoms with van der Waals surface area (Å²) in [7, 11) is 0. The number of carbonyl (C=O) groups is 2. The van der Waals surface area contributed by atoms with Gasteiger partial charge in [0.2, 0.25) is 11.8 Å². The first-order valence-electron chi connectivity index (χ1n) is 9.20. The molecular weight excluding hydrogens is 388 g/mol. The van der Waals surface area contributed by atoms with Crippen molar-refractivity contribution in [1.82, 2.24) is 15.5 Å². The molecule has 0 unspecified atom stereocenters. The van der Waals surface area contributed by atoms with Crippen molar-refractivity contribution in [2.24, 2.45) is 0 Å². The fourth-order valence-corrected chi connectivity index (χ4v) is 3.17. The molecule has 0 bridgehead atoms. The van der Waals surface area contributed by atoms with Crippen molar-refractivity contribution in [3.8, 4) is 0 Å². The zero-order chi connectivity index (χ0) is 20.9. The zero-order valence-corrected chi connectivity index (χ0v) is 15.6. The van der Waals surface area contributed by atoms with Gasteiger partial charge in [-0.1, -0.05) is 35.5 Å². The van der Waals surface area contributed by atoms with E-state index in [2.05, 4.69) is 15.5 Å². The molecule has 3 rings (SSSR count). The second kappa shape index (κ2) is 8.54. The topological polar surface area (TPSA) is 115 Å². The average Bonchev–Trinajstić information content (AvgIpc) is 3.17. The summed E-state index contributed by atoms with van der Waals surface area (Å²) in [5.74, 6) is -3.75. The number of carboxylic acid groups (broad SMARTS) is 1. The number of amides is 1. The van der Waals surface area contributed by atoms with E-state index in [1.54, 1.807) is 24.3 Å². The van der Waals surface area contributed by atoms with E-state index >= 15 is 0 Å². The number of carbonyl (C=O) groups excluding carboxylic acids is 1. The van der Waals surface area contributed by atoms with Crippen LogP contribution in [0.3, 0.4) is 0 Å². The second-order valence-corrected chi connectivity index (χ2v) is 7.03. The lowest BCUT2D eigenvalue weighted by molar-refractivity contribution is -0.137. The Morgan fingerprint density at radius 1 is 1.17 bits per heavy atom. The van der Waals surface area contributed by atoms with Crippen LogP contribution in [0.15, 0.2) is 34.9 Å². The van der Waals surface area contributed by atoms with Gasteiger partial charge in [-0.25, -0.2) is 13.6 Å². The van der Waals surface area contributed by atoms with Crippen molar-refractivity contribution in [1.29, 1.82) is 0 Å². The van der Waals surface area contributed by atoms with E-state index in [4.69, 9.17) is 14.4 Å². The second-order valence-electron chi connectivity index (χ2n) is 7.03. The Morgan fingerprint density at radius 3 is 2.52 bits per heavy atom. The molecule has 156 valence electrons. The van der Waals surface area contributed by atoms with Gasteiger partial charge in [0, 0.05) is 19.3 Å². The SMILES string of the molecule is O=C(O)CCc1nc(C2(NC(=O)OCc3ccccc3)CCC(F)(F)CC2)no1. The third kappa shape index (κ3) is 5.49. The molecule has 1 heterocycles. The summed E-state index contributed by atoms with van der Waals surface area (Å²) < 4.78 is 37.7. The molecule has 10 heteroatoms. The Balaban J connectivity index is 1.72. The van der Waals surface area contributed by atoms with Crippen LogP contribution in [0.4, 0.5) is 13.6 Å². The predicted molar refractivity (Wildman–Crippen MR) is 95.1 cm³/mol. The van der Waals surface area contributed by atoms with Crippen molar-refractivity contribution >= 4 is 12.1 Å². The molecular formula is C19H21F2N3O5. The smallest absolute Gasteiger partial charge is 0.408 e. The van der Waals surface area contributed by atoms with Crippen LogP contribution in [0.1, 0.15) is 49.4 Å². The van der Waals surface area contributed by atoms with E-state index in [0.717, 1.165) is 5.56 Å². The standard InChI is InChI=1S/C19H21F2N3O5/c20-19(21)10-8-18(9-11-19,16-22-14(29-24-16)6-7-15(25)26)23-17(27)28-12-13-4-2-1-3-5-13/h1-5H,6-12H2,(H,23,27)(H,25,26). The van der Waals surface area contributed by atoms with Gasteiger partial charge in [0.25, 0.3) is 0 Å². The van der Waals surface area contributed by atoms with Crippen LogP contribution in [0.5, 0.6) is 0 Å². The Hall–Kier alpha value is -3.04. The number of aromatic nitrogens is 2. The summed E-state index contributed by atoms with van der Waals surface area (Å²) in [6, 6.07) is 9.02. The van der Waals surface area contributed by atoms with Gasteiger partial charge < -0.3 is 19.7 Å². The lowest BCUT2D eigenvalue weighted by Gasteiger charge is -2.37. The largest absolute Gasteiger partial charge is 0.481 e. The van der Waals surface area contributed by atoms with Crippen molar-refractivity contribution in [2.75, 3.05) is 0 Å². The minimum atomic E-state index is -2.84. The fourth-order valence-electron chi connectivity index (χ4n) is 3.17.